The maximum atomic E-state index is 14.2. The van der Waals surface area contributed by atoms with Gasteiger partial charge >= 0.3 is 5.97 Å². The fourth-order valence-corrected chi connectivity index (χ4v) is 3.93. The van der Waals surface area contributed by atoms with Crippen molar-refractivity contribution < 1.29 is 33.4 Å². The number of likely N-dealkylation sites (tertiary alicyclic amines) is 1. The molecule has 0 aliphatic carbocycles. The van der Waals surface area contributed by atoms with Crippen LogP contribution in [0.25, 0.3) is 0 Å². The summed E-state index contributed by atoms with van der Waals surface area (Å²) < 4.78 is 24.8. The van der Waals surface area contributed by atoms with Gasteiger partial charge in [0.25, 0.3) is 12.4 Å². The molecule has 1 spiro atoms. The van der Waals surface area contributed by atoms with Crippen LogP contribution in [0.3, 0.4) is 0 Å². The summed E-state index contributed by atoms with van der Waals surface area (Å²) in [7, 11) is 5.31. The molecule has 1 amide bonds. The van der Waals surface area contributed by atoms with Gasteiger partial charge in [-0.05, 0) is 39.1 Å². The minimum Gasteiger partial charge on any atom is -0.496 e. The zero-order valence-corrected chi connectivity index (χ0v) is 16.9. The number of piperidine rings is 1. The third-order valence-electron chi connectivity index (χ3n) is 5.31. The Balaban J connectivity index is 0.000000941. The van der Waals surface area contributed by atoms with Crippen molar-refractivity contribution in [2.75, 3.05) is 40.8 Å². The molecule has 8 nitrogen and oxygen atoms in total. The molecule has 2 saturated heterocycles. The SMILES string of the molecule is COc1cccc(F)c1C(=O)N1CCC2(CC1)CC(CN(C)C)OC2=O.O=CO. The van der Waals surface area contributed by atoms with Gasteiger partial charge in [0.05, 0.1) is 12.5 Å². The molecule has 3 rings (SSSR count). The largest absolute Gasteiger partial charge is 0.496 e. The van der Waals surface area contributed by atoms with Crippen LogP contribution >= 0.6 is 0 Å². The molecule has 2 heterocycles. The predicted molar refractivity (Wildman–Crippen MR) is 102 cm³/mol. The number of rotatable bonds is 4. The molecule has 0 aromatic heterocycles. The Hall–Kier alpha value is -2.68. The van der Waals surface area contributed by atoms with Crippen LogP contribution in [0.5, 0.6) is 5.75 Å². The molecule has 2 aliphatic rings. The molecule has 1 aromatic rings. The number of halogens is 1. The maximum Gasteiger partial charge on any atom is 0.312 e. The number of nitrogens with zero attached hydrogens (tertiary/aromatic N) is 2. The second-order valence-electron chi connectivity index (χ2n) is 7.49. The Labute approximate surface area is 169 Å². The van der Waals surface area contributed by atoms with E-state index < -0.39 is 17.1 Å². The molecule has 2 fully saturated rings. The van der Waals surface area contributed by atoms with Crippen molar-refractivity contribution >= 4 is 18.3 Å². The Morgan fingerprint density at radius 2 is 2.03 bits per heavy atom. The van der Waals surface area contributed by atoms with Crippen LogP contribution < -0.4 is 4.74 Å². The molecule has 1 atom stereocenters. The van der Waals surface area contributed by atoms with E-state index in [-0.39, 0.29) is 29.9 Å². The van der Waals surface area contributed by atoms with Crippen LogP contribution in [-0.4, -0.2) is 80.2 Å². The van der Waals surface area contributed by atoms with E-state index in [1.54, 1.807) is 11.0 Å². The molecule has 0 saturated carbocycles. The first-order valence-corrected chi connectivity index (χ1v) is 9.33. The van der Waals surface area contributed by atoms with Crippen LogP contribution in [0.15, 0.2) is 18.2 Å². The average Bonchev–Trinajstić information content (AvgIpc) is 2.96. The number of hydrogen-bond acceptors (Lipinski definition) is 6. The van der Waals surface area contributed by atoms with E-state index in [2.05, 4.69) is 0 Å². The molecule has 9 heteroatoms. The third kappa shape index (κ3) is 5.03. The van der Waals surface area contributed by atoms with Gasteiger partial charge in [-0.3, -0.25) is 14.4 Å². The van der Waals surface area contributed by atoms with Gasteiger partial charge in [0, 0.05) is 26.1 Å². The van der Waals surface area contributed by atoms with Crippen molar-refractivity contribution in [2.24, 2.45) is 5.41 Å². The number of carboxylic acid groups (broad SMARTS) is 1. The fourth-order valence-electron chi connectivity index (χ4n) is 3.93. The first-order chi connectivity index (χ1) is 13.8. The lowest BCUT2D eigenvalue weighted by Gasteiger charge is -2.36. The first kappa shape index (κ1) is 22.6. The average molecular weight is 410 g/mol. The zero-order chi connectivity index (χ0) is 21.6. The number of hydrogen-bond donors (Lipinski definition) is 1. The molecule has 29 heavy (non-hydrogen) atoms. The summed E-state index contributed by atoms with van der Waals surface area (Å²) in [5.74, 6) is -0.937. The predicted octanol–water partition coefficient (Wildman–Crippen LogP) is 1.63. The van der Waals surface area contributed by atoms with Crippen LogP contribution in [0.4, 0.5) is 4.39 Å². The summed E-state index contributed by atoms with van der Waals surface area (Å²) in [6, 6.07) is 4.33. The molecule has 0 bridgehead atoms. The Bertz CT molecular complexity index is 746. The molecule has 0 radical (unpaired) electrons. The van der Waals surface area contributed by atoms with Gasteiger partial charge in [0.15, 0.2) is 0 Å². The van der Waals surface area contributed by atoms with Gasteiger partial charge in [0.2, 0.25) is 0 Å². The highest BCUT2D eigenvalue weighted by Crippen LogP contribution is 2.43. The quantitative estimate of drug-likeness (QED) is 0.595. The third-order valence-corrected chi connectivity index (χ3v) is 5.31. The van der Waals surface area contributed by atoms with Gasteiger partial charge in [-0.25, -0.2) is 4.39 Å². The molecule has 1 unspecified atom stereocenters. The van der Waals surface area contributed by atoms with Gasteiger partial charge < -0.3 is 24.4 Å². The van der Waals surface area contributed by atoms with Crippen LogP contribution in [0, 0.1) is 11.2 Å². The number of likely N-dealkylation sites (N-methyl/N-ethyl adjacent to an activating group) is 1. The van der Waals surface area contributed by atoms with E-state index >= 15 is 0 Å². The normalized spacial score (nSPS) is 20.1. The summed E-state index contributed by atoms with van der Waals surface area (Å²) in [5, 5.41) is 6.89. The number of esters is 1. The van der Waals surface area contributed by atoms with Crippen LogP contribution in [0.1, 0.15) is 29.6 Å². The number of ether oxygens (including phenoxy) is 2. The van der Waals surface area contributed by atoms with Gasteiger partial charge in [-0.1, -0.05) is 6.07 Å². The van der Waals surface area contributed by atoms with Crippen LogP contribution in [0.2, 0.25) is 0 Å². The minimum absolute atomic E-state index is 0.0505. The Morgan fingerprint density at radius 1 is 1.41 bits per heavy atom. The Morgan fingerprint density at radius 3 is 2.59 bits per heavy atom. The highest BCUT2D eigenvalue weighted by molar-refractivity contribution is 5.97. The topological polar surface area (TPSA) is 96.4 Å². The highest BCUT2D eigenvalue weighted by atomic mass is 19.1. The fraction of sp³-hybridized carbons (Fsp3) is 0.550. The summed E-state index contributed by atoms with van der Waals surface area (Å²) >= 11 is 0. The standard InChI is InChI=1S/C19H25FN2O4.CH2O2/c1-21(2)12-13-11-19(18(24)26-13)7-9-22(10-8-19)17(23)16-14(20)5-4-6-15(16)25-3;2-1-3/h4-6,13H,7-12H2,1-3H3;1H,(H,2,3). The highest BCUT2D eigenvalue weighted by Gasteiger charge is 2.51. The van der Waals surface area contributed by atoms with Gasteiger partial charge in [-0.15, -0.1) is 0 Å². The van der Waals surface area contributed by atoms with E-state index in [1.165, 1.54) is 19.2 Å². The van der Waals surface area contributed by atoms with E-state index in [9.17, 15) is 14.0 Å². The van der Waals surface area contributed by atoms with E-state index in [0.717, 1.165) is 0 Å². The zero-order valence-electron chi connectivity index (χ0n) is 16.9. The van der Waals surface area contributed by atoms with Crippen molar-refractivity contribution in [3.8, 4) is 5.75 Å². The summed E-state index contributed by atoms with van der Waals surface area (Å²) in [6.07, 6.45) is 1.65. The monoisotopic (exact) mass is 410 g/mol. The number of carbonyl (C=O) groups is 3. The van der Waals surface area contributed by atoms with Gasteiger partial charge in [-0.2, -0.15) is 0 Å². The van der Waals surface area contributed by atoms with Crippen LogP contribution in [-0.2, 0) is 14.3 Å². The summed E-state index contributed by atoms with van der Waals surface area (Å²) in [6.45, 7) is 1.25. The lowest BCUT2D eigenvalue weighted by Crippen LogP contribution is -2.45. The van der Waals surface area contributed by atoms with E-state index in [4.69, 9.17) is 19.4 Å². The second-order valence-corrected chi connectivity index (χ2v) is 7.49. The number of carbonyl (C=O) groups excluding carboxylic acids is 2. The molecular weight excluding hydrogens is 383 g/mol. The molecule has 160 valence electrons. The number of cyclic esters (lactones) is 1. The van der Waals surface area contributed by atoms with Crippen molar-refractivity contribution in [3.63, 3.8) is 0 Å². The first-order valence-electron chi connectivity index (χ1n) is 9.33. The van der Waals surface area contributed by atoms with Crippen molar-refractivity contribution in [2.45, 2.75) is 25.4 Å². The molecule has 1 N–H and O–H groups in total. The number of amides is 1. The van der Waals surface area contributed by atoms with Gasteiger partial charge in [0.1, 0.15) is 23.2 Å². The van der Waals surface area contributed by atoms with Crippen molar-refractivity contribution in [1.29, 1.82) is 0 Å². The van der Waals surface area contributed by atoms with Crippen molar-refractivity contribution in [1.82, 2.24) is 9.80 Å². The van der Waals surface area contributed by atoms with Crippen molar-refractivity contribution in [3.05, 3.63) is 29.6 Å². The lowest BCUT2D eigenvalue weighted by molar-refractivity contribution is -0.150. The lowest BCUT2D eigenvalue weighted by atomic mass is 9.76. The smallest absolute Gasteiger partial charge is 0.312 e. The number of methoxy groups -OCH3 is 1. The molecule has 1 aromatic carbocycles. The number of benzene rings is 1. The summed E-state index contributed by atoms with van der Waals surface area (Å²) in [5.41, 5.74) is -0.568. The second kappa shape index (κ2) is 9.69. The summed E-state index contributed by atoms with van der Waals surface area (Å²) in [4.78, 5) is 37.2. The maximum absolute atomic E-state index is 14.2. The minimum atomic E-state index is -0.596. The molecular formula is C20H27FN2O6. The van der Waals surface area contributed by atoms with E-state index in [1.807, 2.05) is 19.0 Å². The Kier molecular flexibility index (Phi) is 7.55. The molecule has 2 aliphatic heterocycles. The van der Waals surface area contributed by atoms with E-state index in [0.29, 0.717) is 38.9 Å².